The van der Waals surface area contributed by atoms with Gasteiger partial charge in [0.2, 0.25) is 5.91 Å². The monoisotopic (exact) mass is 314 g/mol. The summed E-state index contributed by atoms with van der Waals surface area (Å²) in [4.78, 5) is 26.9. The van der Waals surface area contributed by atoms with Crippen molar-refractivity contribution < 1.29 is 9.59 Å². The highest BCUT2D eigenvalue weighted by atomic mass is 16.2. The fraction of sp³-hybridized carbons (Fsp3) is 0.588. The number of allylic oxidation sites excluding steroid dienone is 3. The zero-order valence-electron chi connectivity index (χ0n) is 13.1. The molecule has 0 bridgehead atoms. The summed E-state index contributed by atoms with van der Waals surface area (Å²) in [5.41, 5.74) is 6.41. The van der Waals surface area contributed by atoms with Crippen LogP contribution in [-0.2, 0) is 9.59 Å². The Morgan fingerprint density at radius 1 is 1.17 bits per heavy atom. The van der Waals surface area contributed by atoms with Gasteiger partial charge in [-0.2, -0.15) is 5.10 Å². The molecular formula is C17H22N4O2. The van der Waals surface area contributed by atoms with Gasteiger partial charge >= 0.3 is 0 Å². The summed E-state index contributed by atoms with van der Waals surface area (Å²) in [5.74, 6) is -1.24. The van der Waals surface area contributed by atoms with Gasteiger partial charge < -0.3 is 10.6 Å². The van der Waals surface area contributed by atoms with Crippen LogP contribution in [0.25, 0.3) is 0 Å². The van der Waals surface area contributed by atoms with Gasteiger partial charge in [0.1, 0.15) is 5.92 Å². The second-order valence-electron chi connectivity index (χ2n) is 6.84. The van der Waals surface area contributed by atoms with Crippen molar-refractivity contribution in [1.29, 1.82) is 0 Å². The average molecular weight is 314 g/mol. The summed E-state index contributed by atoms with van der Waals surface area (Å²) in [6.07, 6.45) is 11.1. The predicted octanol–water partition coefficient (Wildman–Crippen LogP) is 0.799. The maximum Gasteiger partial charge on any atom is 0.256 e. The molecule has 23 heavy (non-hydrogen) atoms. The van der Waals surface area contributed by atoms with E-state index >= 15 is 0 Å². The Labute approximate surface area is 135 Å². The van der Waals surface area contributed by atoms with Crippen LogP contribution in [0.5, 0.6) is 0 Å². The van der Waals surface area contributed by atoms with Crippen LogP contribution in [0.4, 0.5) is 0 Å². The number of carbonyl (C=O) groups excluding carboxylic acids is 2. The molecule has 122 valence electrons. The van der Waals surface area contributed by atoms with Gasteiger partial charge in [-0.3, -0.25) is 9.59 Å². The number of carbonyl (C=O) groups is 2. The lowest BCUT2D eigenvalue weighted by molar-refractivity contribution is -0.135. The van der Waals surface area contributed by atoms with Crippen molar-refractivity contribution in [1.82, 2.24) is 9.91 Å². The fourth-order valence-electron chi connectivity index (χ4n) is 3.99. The summed E-state index contributed by atoms with van der Waals surface area (Å²) >= 11 is 0. The molecule has 0 radical (unpaired) electrons. The molecule has 1 saturated heterocycles. The molecule has 0 aromatic carbocycles. The van der Waals surface area contributed by atoms with E-state index in [1.54, 1.807) is 23.2 Å². The molecule has 4 rings (SSSR count). The number of fused-ring (bicyclic) bond motifs is 1. The molecule has 6 nitrogen and oxygen atoms in total. The Morgan fingerprint density at radius 3 is 2.52 bits per heavy atom. The largest absolute Gasteiger partial charge is 0.366 e. The number of hydrazone groups is 1. The number of likely N-dealkylation sites (tertiary alicyclic amines) is 1. The third kappa shape index (κ3) is 2.41. The summed E-state index contributed by atoms with van der Waals surface area (Å²) < 4.78 is 0. The maximum atomic E-state index is 12.8. The van der Waals surface area contributed by atoms with Crippen LogP contribution in [0.15, 0.2) is 28.9 Å². The number of nitrogens with two attached hydrogens (primary N) is 1. The van der Waals surface area contributed by atoms with Crippen LogP contribution in [0, 0.1) is 5.92 Å². The van der Waals surface area contributed by atoms with E-state index in [0.29, 0.717) is 11.3 Å². The lowest BCUT2D eigenvalue weighted by atomic mass is 9.88. The van der Waals surface area contributed by atoms with E-state index in [4.69, 9.17) is 5.73 Å². The van der Waals surface area contributed by atoms with Gasteiger partial charge in [-0.15, -0.1) is 0 Å². The summed E-state index contributed by atoms with van der Waals surface area (Å²) in [5, 5.41) is 6.11. The molecule has 2 fully saturated rings. The lowest BCUT2D eigenvalue weighted by Gasteiger charge is -2.42. The molecule has 2 heterocycles. The molecule has 6 heteroatoms. The quantitative estimate of drug-likeness (QED) is 0.837. The van der Waals surface area contributed by atoms with Crippen molar-refractivity contribution in [2.75, 3.05) is 13.1 Å². The van der Waals surface area contributed by atoms with Crippen molar-refractivity contribution >= 4 is 17.5 Å². The van der Waals surface area contributed by atoms with Gasteiger partial charge in [0.05, 0.1) is 11.8 Å². The number of piperidine rings is 1. The second-order valence-corrected chi connectivity index (χ2v) is 6.84. The molecule has 2 N–H and O–H groups in total. The highest BCUT2D eigenvalue weighted by Gasteiger charge is 2.43. The first-order valence-electron chi connectivity index (χ1n) is 8.49. The van der Waals surface area contributed by atoms with Gasteiger partial charge in [-0.05, 0) is 31.8 Å². The van der Waals surface area contributed by atoms with Crippen LogP contribution in [0.2, 0.25) is 0 Å². The SMILES string of the molecule is NC(=O)C1=CC=CC2=NN(C3CCN(C4CCC4)CC3)C(=O)C12. The van der Waals surface area contributed by atoms with Gasteiger partial charge in [0, 0.05) is 24.7 Å². The molecule has 0 aromatic heterocycles. The molecule has 2 amide bonds. The predicted molar refractivity (Wildman–Crippen MR) is 86.4 cm³/mol. The normalized spacial score (nSPS) is 29.1. The van der Waals surface area contributed by atoms with Crippen molar-refractivity contribution in [2.45, 2.75) is 44.2 Å². The van der Waals surface area contributed by atoms with E-state index in [2.05, 4.69) is 10.0 Å². The third-order valence-electron chi connectivity index (χ3n) is 5.57. The Bertz CT molecular complexity index is 625. The standard InChI is InChI=1S/C17H22N4O2/c18-16(22)13-5-2-6-14-15(13)17(23)21(19-14)12-7-9-20(10-8-12)11-3-1-4-11/h2,5-6,11-12,15H,1,3-4,7-10H2,(H2,18,22). The van der Waals surface area contributed by atoms with Crippen LogP contribution in [-0.4, -0.2) is 52.6 Å². The summed E-state index contributed by atoms with van der Waals surface area (Å²) in [6.45, 7) is 2.06. The van der Waals surface area contributed by atoms with Crippen molar-refractivity contribution in [3.05, 3.63) is 23.8 Å². The number of primary amides is 1. The molecule has 4 aliphatic rings. The van der Waals surface area contributed by atoms with E-state index < -0.39 is 11.8 Å². The Hall–Kier alpha value is -1.95. The topological polar surface area (TPSA) is 79.0 Å². The molecule has 1 atom stereocenters. The van der Waals surface area contributed by atoms with Gasteiger partial charge in [-0.25, -0.2) is 5.01 Å². The van der Waals surface area contributed by atoms with Crippen LogP contribution < -0.4 is 5.73 Å². The van der Waals surface area contributed by atoms with Gasteiger partial charge in [0.15, 0.2) is 0 Å². The van der Waals surface area contributed by atoms with Crippen molar-refractivity contribution in [2.24, 2.45) is 16.8 Å². The number of hydrogen-bond acceptors (Lipinski definition) is 4. The van der Waals surface area contributed by atoms with Gasteiger partial charge in [-0.1, -0.05) is 18.6 Å². The Kier molecular flexibility index (Phi) is 3.56. The molecule has 0 spiro atoms. The van der Waals surface area contributed by atoms with E-state index in [1.807, 2.05) is 0 Å². The van der Waals surface area contributed by atoms with E-state index in [1.165, 1.54) is 19.3 Å². The number of rotatable bonds is 3. The zero-order chi connectivity index (χ0) is 16.0. The first kappa shape index (κ1) is 14.6. The molecule has 2 aliphatic heterocycles. The van der Waals surface area contributed by atoms with Gasteiger partial charge in [0.25, 0.3) is 5.91 Å². The number of hydrogen-bond donors (Lipinski definition) is 1. The minimum Gasteiger partial charge on any atom is -0.366 e. The van der Waals surface area contributed by atoms with E-state index in [-0.39, 0.29) is 11.9 Å². The molecule has 2 aliphatic carbocycles. The zero-order valence-corrected chi connectivity index (χ0v) is 13.1. The van der Waals surface area contributed by atoms with Crippen molar-refractivity contribution in [3.8, 4) is 0 Å². The average Bonchev–Trinajstić information content (AvgIpc) is 2.83. The van der Waals surface area contributed by atoms with E-state index in [9.17, 15) is 9.59 Å². The first-order valence-corrected chi connectivity index (χ1v) is 8.49. The third-order valence-corrected chi connectivity index (χ3v) is 5.57. The second kappa shape index (κ2) is 5.60. The van der Waals surface area contributed by atoms with E-state index in [0.717, 1.165) is 32.0 Å². The smallest absolute Gasteiger partial charge is 0.256 e. The molecule has 0 aromatic rings. The van der Waals surface area contributed by atoms with Crippen LogP contribution in [0.1, 0.15) is 32.1 Å². The minimum atomic E-state index is -0.595. The van der Waals surface area contributed by atoms with Crippen LogP contribution >= 0.6 is 0 Å². The molecular weight excluding hydrogens is 292 g/mol. The fourth-order valence-corrected chi connectivity index (χ4v) is 3.99. The minimum absolute atomic E-state index is 0.100. The lowest BCUT2D eigenvalue weighted by Crippen LogP contribution is -2.50. The Morgan fingerprint density at radius 2 is 1.91 bits per heavy atom. The van der Waals surface area contributed by atoms with Crippen LogP contribution in [0.3, 0.4) is 0 Å². The summed E-state index contributed by atoms with van der Waals surface area (Å²) in [7, 11) is 0. The highest BCUT2D eigenvalue weighted by molar-refractivity contribution is 6.21. The number of nitrogens with zero attached hydrogens (tertiary/aromatic N) is 3. The summed E-state index contributed by atoms with van der Waals surface area (Å²) in [6, 6.07) is 0.894. The molecule has 1 unspecified atom stereocenters. The first-order chi connectivity index (χ1) is 11.1. The highest BCUT2D eigenvalue weighted by Crippen LogP contribution is 2.33. The Balaban J connectivity index is 1.46. The maximum absolute atomic E-state index is 12.8. The molecule has 1 saturated carbocycles. The van der Waals surface area contributed by atoms with Crippen molar-refractivity contribution in [3.63, 3.8) is 0 Å². The number of amides is 2.